The molecule has 142 valence electrons. The van der Waals surface area contributed by atoms with E-state index >= 15 is 0 Å². The maximum absolute atomic E-state index is 11.5. The Kier molecular flexibility index (Phi) is 5.46. The summed E-state index contributed by atoms with van der Waals surface area (Å²) < 4.78 is 28.6. The number of hydrogen-bond donors (Lipinski definition) is 1. The summed E-state index contributed by atoms with van der Waals surface area (Å²) >= 11 is 0. The van der Waals surface area contributed by atoms with E-state index in [1.54, 1.807) is 36.5 Å². The molecule has 27 heavy (non-hydrogen) atoms. The highest BCUT2D eigenvalue weighted by Crippen LogP contribution is 2.23. The fourth-order valence-electron chi connectivity index (χ4n) is 2.75. The molecule has 0 spiro atoms. The van der Waals surface area contributed by atoms with Crippen molar-refractivity contribution in [3.8, 4) is 5.88 Å². The molecule has 0 saturated heterocycles. The van der Waals surface area contributed by atoms with Crippen molar-refractivity contribution in [1.29, 1.82) is 0 Å². The molecule has 0 unspecified atom stereocenters. The minimum Gasteiger partial charge on any atom is -0.473 e. The zero-order chi connectivity index (χ0) is 19.4. The SMILES string of the molecule is CS(=O)(=O)c1ccc(COc2ccc(C3=CCN(C(=O)O)CC3)cn2)cc1. The number of benzene rings is 1. The van der Waals surface area contributed by atoms with Crippen LogP contribution in [0.5, 0.6) is 5.88 Å². The Labute approximate surface area is 157 Å². The first kappa shape index (κ1) is 18.9. The second kappa shape index (κ2) is 7.79. The smallest absolute Gasteiger partial charge is 0.407 e. The first-order chi connectivity index (χ1) is 12.8. The van der Waals surface area contributed by atoms with E-state index in [1.807, 2.05) is 12.1 Å². The Morgan fingerprint density at radius 2 is 1.96 bits per heavy atom. The van der Waals surface area contributed by atoms with Crippen molar-refractivity contribution in [2.24, 2.45) is 0 Å². The number of amides is 1. The third kappa shape index (κ3) is 4.85. The van der Waals surface area contributed by atoms with Crippen LogP contribution in [-0.4, -0.2) is 48.8 Å². The zero-order valence-corrected chi connectivity index (χ0v) is 15.6. The summed E-state index contributed by atoms with van der Waals surface area (Å²) in [5.41, 5.74) is 2.87. The highest BCUT2D eigenvalue weighted by molar-refractivity contribution is 7.90. The Bertz CT molecular complexity index is 951. The molecule has 2 heterocycles. The molecule has 8 heteroatoms. The predicted octanol–water partition coefficient (Wildman–Crippen LogP) is 2.83. The lowest BCUT2D eigenvalue weighted by Gasteiger charge is -2.23. The second-order valence-electron chi connectivity index (χ2n) is 6.30. The van der Waals surface area contributed by atoms with E-state index < -0.39 is 15.9 Å². The van der Waals surface area contributed by atoms with Crippen LogP contribution >= 0.6 is 0 Å². The van der Waals surface area contributed by atoms with Crippen molar-refractivity contribution in [2.75, 3.05) is 19.3 Å². The van der Waals surface area contributed by atoms with Gasteiger partial charge in [0.1, 0.15) is 6.61 Å². The van der Waals surface area contributed by atoms with Crippen LogP contribution in [0.2, 0.25) is 0 Å². The van der Waals surface area contributed by atoms with Gasteiger partial charge in [-0.25, -0.2) is 18.2 Å². The maximum atomic E-state index is 11.5. The Morgan fingerprint density at radius 3 is 2.48 bits per heavy atom. The number of pyridine rings is 1. The van der Waals surface area contributed by atoms with Gasteiger partial charge in [-0.05, 0) is 41.3 Å². The third-order valence-corrected chi connectivity index (χ3v) is 5.45. The van der Waals surface area contributed by atoms with Gasteiger partial charge in [0.15, 0.2) is 9.84 Å². The highest BCUT2D eigenvalue weighted by atomic mass is 32.2. The van der Waals surface area contributed by atoms with Crippen LogP contribution in [0.15, 0.2) is 53.6 Å². The molecule has 1 amide bonds. The molecule has 3 rings (SSSR count). The number of hydrogen-bond acceptors (Lipinski definition) is 5. The summed E-state index contributed by atoms with van der Waals surface area (Å²) in [5, 5.41) is 8.98. The second-order valence-corrected chi connectivity index (χ2v) is 8.31. The van der Waals surface area contributed by atoms with Crippen LogP contribution in [0.25, 0.3) is 5.57 Å². The lowest BCUT2D eigenvalue weighted by Crippen LogP contribution is -2.33. The average Bonchev–Trinajstić information content (AvgIpc) is 2.66. The first-order valence-corrected chi connectivity index (χ1v) is 10.3. The molecule has 0 fully saturated rings. The summed E-state index contributed by atoms with van der Waals surface area (Å²) in [6.07, 6.45) is 4.53. The monoisotopic (exact) mass is 388 g/mol. The minimum absolute atomic E-state index is 0.274. The number of carbonyl (C=O) groups is 1. The fraction of sp³-hybridized carbons (Fsp3) is 0.263. The van der Waals surface area contributed by atoms with Gasteiger partial charge in [-0.3, -0.25) is 0 Å². The molecule has 1 N–H and O–H groups in total. The van der Waals surface area contributed by atoms with Gasteiger partial charge in [-0.15, -0.1) is 0 Å². The molecule has 0 bridgehead atoms. The number of aromatic nitrogens is 1. The van der Waals surface area contributed by atoms with Gasteiger partial charge < -0.3 is 14.7 Å². The van der Waals surface area contributed by atoms with Gasteiger partial charge in [-0.2, -0.15) is 0 Å². The van der Waals surface area contributed by atoms with Gasteiger partial charge in [-0.1, -0.05) is 18.2 Å². The van der Waals surface area contributed by atoms with Crippen LogP contribution < -0.4 is 4.74 Å². The summed E-state index contributed by atoms with van der Waals surface area (Å²) in [7, 11) is -3.20. The quantitative estimate of drug-likeness (QED) is 0.846. The van der Waals surface area contributed by atoms with Crippen LogP contribution in [0.1, 0.15) is 17.5 Å². The van der Waals surface area contributed by atoms with Gasteiger partial charge in [0.2, 0.25) is 5.88 Å². The summed E-state index contributed by atoms with van der Waals surface area (Å²) in [6.45, 7) is 1.14. The van der Waals surface area contributed by atoms with E-state index in [1.165, 1.54) is 11.2 Å². The van der Waals surface area contributed by atoms with Crippen molar-refractivity contribution in [1.82, 2.24) is 9.88 Å². The van der Waals surface area contributed by atoms with E-state index in [4.69, 9.17) is 9.84 Å². The van der Waals surface area contributed by atoms with Gasteiger partial charge in [0.05, 0.1) is 4.90 Å². The molecule has 2 aromatic rings. The van der Waals surface area contributed by atoms with Crippen LogP contribution in [0, 0.1) is 0 Å². The first-order valence-electron chi connectivity index (χ1n) is 8.38. The van der Waals surface area contributed by atoms with Crippen LogP contribution in [0.4, 0.5) is 4.79 Å². The van der Waals surface area contributed by atoms with Crippen molar-refractivity contribution in [2.45, 2.75) is 17.9 Å². The van der Waals surface area contributed by atoms with E-state index in [9.17, 15) is 13.2 Å². The highest BCUT2D eigenvalue weighted by Gasteiger charge is 2.16. The summed E-state index contributed by atoms with van der Waals surface area (Å²) in [6, 6.07) is 10.2. The summed E-state index contributed by atoms with van der Waals surface area (Å²) in [4.78, 5) is 16.9. The Morgan fingerprint density at radius 1 is 1.22 bits per heavy atom. The normalized spacial score (nSPS) is 14.6. The summed E-state index contributed by atoms with van der Waals surface area (Å²) in [5.74, 6) is 0.467. The largest absolute Gasteiger partial charge is 0.473 e. The zero-order valence-electron chi connectivity index (χ0n) is 14.8. The van der Waals surface area contributed by atoms with E-state index in [2.05, 4.69) is 4.98 Å². The lowest BCUT2D eigenvalue weighted by molar-refractivity contribution is 0.150. The lowest BCUT2D eigenvalue weighted by atomic mass is 10.0. The van der Waals surface area contributed by atoms with Crippen molar-refractivity contribution < 1.29 is 23.1 Å². The molecule has 7 nitrogen and oxygen atoms in total. The predicted molar refractivity (Wildman–Crippen MR) is 100 cm³/mol. The maximum Gasteiger partial charge on any atom is 0.407 e. The molecular formula is C19H20N2O5S. The van der Waals surface area contributed by atoms with Crippen molar-refractivity contribution in [3.63, 3.8) is 0 Å². The van der Waals surface area contributed by atoms with Gasteiger partial charge >= 0.3 is 6.09 Å². The average molecular weight is 388 g/mol. The Balaban J connectivity index is 1.59. The molecular weight excluding hydrogens is 368 g/mol. The number of rotatable bonds is 5. The molecule has 1 aromatic carbocycles. The van der Waals surface area contributed by atoms with E-state index in [-0.39, 0.29) is 11.5 Å². The molecule has 0 radical (unpaired) electrons. The molecule has 0 saturated carbocycles. The van der Waals surface area contributed by atoms with Crippen LogP contribution in [-0.2, 0) is 16.4 Å². The molecule has 1 aromatic heterocycles. The Hall–Kier alpha value is -2.87. The number of carboxylic acid groups (broad SMARTS) is 1. The third-order valence-electron chi connectivity index (χ3n) is 4.33. The van der Waals surface area contributed by atoms with Crippen molar-refractivity contribution in [3.05, 3.63) is 59.8 Å². The van der Waals surface area contributed by atoms with Gasteiger partial charge in [0.25, 0.3) is 0 Å². The fourth-order valence-corrected chi connectivity index (χ4v) is 3.38. The van der Waals surface area contributed by atoms with Crippen molar-refractivity contribution >= 4 is 21.5 Å². The number of sulfone groups is 1. The minimum atomic E-state index is -3.20. The van der Waals surface area contributed by atoms with E-state index in [0.717, 1.165) is 16.7 Å². The molecule has 1 aliphatic heterocycles. The number of nitrogens with zero attached hydrogens (tertiary/aromatic N) is 2. The van der Waals surface area contributed by atoms with Gasteiger partial charge in [0, 0.05) is 31.6 Å². The molecule has 0 atom stereocenters. The molecule has 1 aliphatic rings. The van der Waals surface area contributed by atoms with Crippen LogP contribution in [0.3, 0.4) is 0 Å². The van der Waals surface area contributed by atoms with E-state index in [0.29, 0.717) is 25.4 Å². The molecule has 0 aliphatic carbocycles. The standard InChI is InChI=1S/C19H20N2O5S/c1-27(24,25)17-5-2-14(3-6-17)13-26-18-7-4-16(12-20-18)15-8-10-21(11-9-15)19(22)23/h2-8,12H,9-11,13H2,1H3,(H,22,23). The number of ether oxygens (including phenoxy) is 1. The topological polar surface area (TPSA) is 96.8 Å².